The molecule has 0 aliphatic rings. The molecule has 6 heteroatoms. The van der Waals surface area contributed by atoms with Gasteiger partial charge in [-0.25, -0.2) is 0 Å². The Hall–Kier alpha value is -3.51. The van der Waals surface area contributed by atoms with Gasteiger partial charge < -0.3 is 24.6 Å². The first-order valence-corrected chi connectivity index (χ1v) is 12.0. The van der Waals surface area contributed by atoms with Gasteiger partial charge in [0.15, 0.2) is 0 Å². The molecule has 3 aromatic carbocycles. The molecule has 3 rings (SSSR count). The van der Waals surface area contributed by atoms with Crippen molar-refractivity contribution >= 4 is 5.97 Å². The predicted molar refractivity (Wildman–Crippen MR) is 138 cm³/mol. The van der Waals surface area contributed by atoms with E-state index in [1.165, 1.54) is 16.7 Å². The van der Waals surface area contributed by atoms with E-state index in [4.69, 9.17) is 19.3 Å². The third-order valence-corrected chi connectivity index (χ3v) is 6.05. The lowest BCUT2D eigenvalue weighted by Crippen LogP contribution is -2.16. The Bertz CT molecular complexity index is 1070. The molecule has 0 aliphatic heterocycles. The van der Waals surface area contributed by atoms with E-state index in [9.17, 15) is 4.79 Å². The Morgan fingerprint density at radius 1 is 0.914 bits per heavy atom. The van der Waals surface area contributed by atoms with E-state index in [0.29, 0.717) is 36.8 Å². The maximum absolute atomic E-state index is 10.6. The number of rotatable bonds is 14. The van der Waals surface area contributed by atoms with Crippen LogP contribution in [-0.2, 0) is 17.9 Å². The number of unbranched alkanes of at least 4 members (excludes halogenated alkanes) is 2. The number of hydrogen-bond acceptors (Lipinski definition) is 5. The normalized spacial score (nSPS) is 10.7. The van der Waals surface area contributed by atoms with Crippen LogP contribution in [0.3, 0.4) is 0 Å². The van der Waals surface area contributed by atoms with Crippen molar-refractivity contribution in [3.05, 3.63) is 77.4 Å². The fourth-order valence-electron chi connectivity index (χ4n) is 4.07. The van der Waals surface area contributed by atoms with Crippen molar-refractivity contribution in [2.45, 2.75) is 45.8 Å². The predicted octanol–water partition coefficient (Wildman–Crippen LogP) is 5.99. The Morgan fingerprint density at radius 2 is 1.63 bits per heavy atom. The van der Waals surface area contributed by atoms with Gasteiger partial charge in [-0.2, -0.15) is 0 Å². The van der Waals surface area contributed by atoms with Crippen LogP contribution in [0, 0.1) is 6.92 Å². The molecule has 0 bridgehead atoms. The number of hydrogen-bond donors (Lipinski definition) is 2. The summed E-state index contributed by atoms with van der Waals surface area (Å²) in [6.07, 6.45) is 2.72. The van der Waals surface area contributed by atoms with Crippen LogP contribution < -0.4 is 19.5 Å². The molecule has 2 N–H and O–H groups in total. The third-order valence-electron chi connectivity index (χ3n) is 6.05. The van der Waals surface area contributed by atoms with E-state index in [-0.39, 0.29) is 6.42 Å². The van der Waals surface area contributed by atoms with Gasteiger partial charge >= 0.3 is 5.97 Å². The molecule has 0 atom stereocenters. The first kappa shape index (κ1) is 26.1. The number of benzene rings is 3. The van der Waals surface area contributed by atoms with Crippen LogP contribution in [-0.4, -0.2) is 31.8 Å². The summed E-state index contributed by atoms with van der Waals surface area (Å²) in [6, 6.07) is 20.4. The molecule has 0 aromatic heterocycles. The zero-order chi connectivity index (χ0) is 25.0. The molecule has 0 spiro atoms. The van der Waals surface area contributed by atoms with Crippen molar-refractivity contribution in [3.63, 3.8) is 0 Å². The maximum atomic E-state index is 10.6. The lowest BCUT2D eigenvalue weighted by atomic mass is 9.97. The first-order chi connectivity index (χ1) is 17.0. The van der Waals surface area contributed by atoms with Crippen LogP contribution in [0.2, 0.25) is 0 Å². The van der Waals surface area contributed by atoms with Crippen molar-refractivity contribution in [2.75, 3.05) is 20.8 Å². The molecule has 0 heterocycles. The van der Waals surface area contributed by atoms with Crippen molar-refractivity contribution in [1.82, 2.24) is 5.32 Å². The van der Waals surface area contributed by atoms with Crippen LogP contribution in [0.4, 0.5) is 0 Å². The van der Waals surface area contributed by atoms with Gasteiger partial charge in [0, 0.05) is 25.1 Å². The summed E-state index contributed by atoms with van der Waals surface area (Å²) in [6.45, 7) is 3.94. The summed E-state index contributed by atoms with van der Waals surface area (Å²) in [5.41, 5.74) is 5.63. The van der Waals surface area contributed by atoms with Crippen molar-refractivity contribution in [3.8, 4) is 28.4 Å². The quantitative estimate of drug-likeness (QED) is 0.278. The standard InChI is InChI=1S/C29H35NO5/c1-21-23(13-10-14-25(21)22-11-6-4-7-12-22)20-35-24-17-27(33-2)26(28(18-24)34-3)19-30-16-9-5-8-15-29(31)32/h4,6-7,10-14,17-18,30H,5,8-9,15-16,19-20H2,1-3H3,(H,31,32). The second kappa shape index (κ2) is 13.4. The second-order valence-electron chi connectivity index (χ2n) is 8.43. The van der Waals surface area contributed by atoms with E-state index >= 15 is 0 Å². The van der Waals surface area contributed by atoms with E-state index in [1.807, 2.05) is 30.3 Å². The van der Waals surface area contributed by atoms with Crippen molar-refractivity contribution in [1.29, 1.82) is 0 Å². The van der Waals surface area contributed by atoms with Gasteiger partial charge in [-0.15, -0.1) is 0 Å². The zero-order valence-corrected chi connectivity index (χ0v) is 20.8. The third kappa shape index (κ3) is 7.49. The SMILES string of the molecule is COc1cc(OCc2cccc(-c3ccccc3)c2C)cc(OC)c1CNCCCCCC(=O)O. The monoisotopic (exact) mass is 477 g/mol. The number of carbonyl (C=O) groups is 1. The average molecular weight is 478 g/mol. The molecule has 3 aromatic rings. The topological polar surface area (TPSA) is 77.0 Å². The highest BCUT2D eigenvalue weighted by Gasteiger charge is 2.14. The van der Waals surface area contributed by atoms with Gasteiger partial charge in [-0.05, 0) is 48.6 Å². The van der Waals surface area contributed by atoms with Crippen LogP contribution in [0.1, 0.15) is 42.4 Å². The molecular formula is C29H35NO5. The van der Waals surface area contributed by atoms with Gasteiger partial charge in [0.25, 0.3) is 0 Å². The minimum absolute atomic E-state index is 0.221. The molecule has 0 saturated carbocycles. The van der Waals surface area contributed by atoms with Crippen LogP contribution in [0.5, 0.6) is 17.2 Å². The first-order valence-electron chi connectivity index (χ1n) is 12.0. The summed E-state index contributed by atoms with van der Waals surface area (Å²) < 4.78 is 17.4. The minimum Gasteiger partial charge on any atom is -0.496 e. The molecule has 35 heavy (non-hydrogen) atoms. The smallest absolute Gasteiger partial charge is 0.303 e. The van der Waals surface area contributed by atoms with E-state index in [2.05, 4.69) is 42.6 Å². The number of aliphatic carboxylic acids is 1. The van der Waals surface area contributed by atoms with E-state index in [1.54, 1.807) is 14.2 Å². The highest BCUT2D eigenvalue weighted by atomic mass is 16.5. The molecule has 6 nitrogen and oxygen atoms in total. The van der Waals surface area contributed by atoms with E-state index in [0.717, 1.165) is 30.5 Å². The van der Waals surface area contributed by atoms with Crippen LogP contribution >= 0.6 is 0 Å². The van der Waals surface area contributed by atoms with Crippen molar-refractivity contribution < 1.29 is 24.1 Å². The second-order valence-corrected chi connectivity index (χ2v) is 8.43. The summed E-state index contributed by atoms with van der Waals surface area (Å²) >= 11 is 0. The fourth-order valence-corrected chi connectivity index (χ4v) is 4.07. The molecule has 0 radical (unpaired) electrons. The van der Waals surface area contributed by atoms with Gasteiger partial charge in [0.05, 0.1) is 19.8 Å². The fraction of sp³-hybridized carbons (Fsp3) is 0.345. The summed E-state index contributed by atoms with van der Waals surface area (Å²) in [5.74, 6) is 1.34. The molecule has 186 valence electrons. The molecule has 0 amide bonds. The van der Waals surface area contributed by atoms with Crippen LogP contribution in [0.25, 0.3) is 11.1 Å². The number of carboxylic acid groups (broad SMARTS) is 1. The number of ether oxygens (including phenoxy) is 3. The highest BCUT2D eigenvalue weighted by molar-refractivity contribution is 5.68. The van der Waals surface area contributed by atoms with Gasteiger partial charge in [0.2, 0.25) is 0 Å². The number of methoxy groups -OCH3 is 2. The molecular weight excluding hydrogens is 442 g/mol. The van der Waals surface area contributed by atoms with E-state index < -0.39 is 5.97 Å². The highest BCUT2D eigenvalue weighted by Crippen LogP contribution is 2.35. The Kier molecular flexibility index (Phi) is 9.99. The van der Waals surface area contributed by atoms with Crippen LogP contribution in [0.15, 0.2) is 60.7 Å². The lowest BCUT2D eigenvalue weighted by Gasteiger charge is -2.17. The molecule has 0 saturated heterocycles. The number of nitrogens with one attached hydrogen (secondary N) is 1. The van der Waals surface area contributed by atoms with Gasteiger partial charge in [-0.1, -0.05) is 55.0 Å². The Balaban J connectivity index is 1.64. The lowest BCUT2D eigenvalue weighted by molar-refractivity contribution is -0.137. The Labute approximate surface area is 207 Å². The number of carboxylic acids is 1. The van der Waals surface area contributed by atoms with Gasteiger partial charge in [-0.3, -0.25) is 4.79 Å². The summed E-state index contributed by atoms with van der Waals surface area (Å²) in [7, 11) is 3.28. The largest absolute Gasteiger partial charge is 0.496 e. The molecule has 0 fully saturated rings. The summed E-state index contributed by atoms with van der Waals surface area (Å²) in [5, 5.41) is 12.1. The van der Waals surface area contributed by atoms with Crippen molar-refractivity contribution in [2.24, 2.45) is 0 Å². The molecule has 0 unspecified atom stereocenters. The zero-order valence-electron chi connectivity index (χ0n) is 20.8. The summed E-state index contributed by atoms with van der Waals surface area (Å²) in [4.78, 5) is 10.6. The van der Waals surface area contributed by atoms with Gasteiger partial charge in [0.1, 0.15) is 23.9 Å². The maximum Gasteiger partial charge on any atom is 0.303 e. The minimum atomic E-state index is -0.742. The molecule has 0 aliphatic carbocycles. The average Bonchev–Trinajstić information content (AvgIpc) is 2.87. The Morgan fingerprint density at radius 3 is 2.29 bits per heavy atom.